The van der Waals surface area contributed by atoms with Crippen LogP contribution in [0, 0.1) is 11.8 Å². The molecule has 2 aromatic rings. The standard InChI is InChI=1S/C32H37Cl2N3O5/c33-25-6-4-7-26(30(25)34)36-16-18-37(19-17-36)29(39)9-1-2-20-42-27-8-3-5-24-23(27)14-12-21(31(24)40)10-11-22-13-15-28(38)35-32(22)41/h3-8,21-22H,1-2,9-20H2,(H,35,38,41). The van der Waals surface area contributed by atoms with E-state index in [0.717, 1.165) is 42.7 Å². The molecule has 0 bridgehead atoms. The van der Waals surface area contributed by atoms with Crippen LogP contribution in [-0.2, 0) is 20.8 Å². The molecule has 5 rings (SSSR count). The van der Waals surface area contributed by atoms with Gasteiger partial charge in [-0.2, -0.15) is 0 Å². The Balaban J connectivity index is 1.03. The number of hydrogen-bond acceptors (Lipinski definition) is 6. The van der Waals surface area contributed by atoms with Crippen molar-refractivity contribution < 1.29 is 23.9 Å². The zero-order valence-electron chi connectivity index (χ0n) is 23.7. The fourth-order valence-electron chi connectivity index (χ4n) is 6.20. The maximum absolute atomic E-state index is 13.2. The normalized spacial score (nSPS) is 20.8. The maximum Gasteiger partial charge on any atom is 0.229 e. The van der Waals surface area contributed by atoms with Crippen LogP contribution in [0.5, 0.6) is 5.75 Å². The Morgan fingerprint density at radius 2 is 1.64 bits per heavy atom. The molecule has 0 spiro atoms. The number of carbonyl (C=O) groups is 4. The lowest BCUT2D eigenvalue weighted by Gasteiger charge is -2.36. The number of ketones is 1. The zero-order valence-corrected chi connectivity index (χ0v) is 25.2. The summed E-state index contributed by atoms with van der Waals surface area (Å²) in [7, 11) is 0. The molecule has 1 aliphatic carbocycles. The lowest BCUT2D eigenvalue weighted by Crippen LogP contribution is -2.48. The number of piperazine rings is 1. The number of ether oxygens (including phenoxy) is 1. The van der Waals surface area contributed by atoms with E-state index in [2.05, 4.69) is 10.2 Å². The first-order chi connectivity index (χ1) is 20.3. The van der Waals surface area contributed by atoms with Gasteiger partial charge in [0.25, 0.3) is 0 Å². The number of hydrogen-bond donors (Lipinski definition) is 1. The third-order valence-corrected chi connectivity index (χ3v) is 9.48. The van der Waals surface area contributed by atoms with Crippen LogP contribution in [0.1, 0.15) is 67.3 Å². The second-order valence-electron chi connectivity index (χ2n) is 11.4. The summed E-state index contributed by atoms with van der Waals surface area (Å²) in [5.41, 5.74) is 2.56. The van der Waals surface area contributed by atoms with Gasteiger partial charge in [-0.25, -0.2) is 0 Å². The summed E-state index contributed by atoms with van der Waals surface area (Å²) < 4.78 is 6.09. The first kappa shape index (κ1) is 30.4. The Bertz CT molecular complexity index is 1340. The monoisotopic (exact) mass is 613 g/mol. The summed E-state index contributed by atoms with van der Waals surface area (Å²) >= 11 is 12.5. The highest BCUT2D eigenvalue weighted by Crippen LogP contribution is 2.36. The minimum absolute atomic E-state index is 0.109. The topological polar surface area (TPSA) is 96.0 Å². The summed E-state index contributed by atoms with van der Waals surface area (Å²) in [6.07, 6.45) is 5.62. The van der Waals surface area contributed by atoms with Crippen LogP contribution >= 0.6 is 23.2 Å². The number of imide groups is 1. The van der Waals surface area contributed by atoms with E-state index in [1.54, 1.807) is 6.07 Å². The fourth-order valence-corrected chi connectivity index (χ4v) is 6.62. The van der Waals surface area contributed by atoms with Gasteiger partial charge in [0.1, 0.15) is 5.75 Å². The van der Waals surface area contributed by atoms with Crippen molar-refractivity contribution in [1.29, 1.82) is 0 Å². The largest absolute Gasteiger partial charge is 0.493 e. The molecule has 10 heteroatoms. The van der Waals surface area contributed by atoms with E-state index in [9.17, 15) is 19.2 Å². The number of unbranched alkanes of at least 4 members (excludes halogenated alkanes) is 1. The molecule has 0 radical (unpaired) electrons. The van der Waals surface area contributed by atoms with Crippen LogP contribution in [0.4, 0.5) is 5.69 Å². The predicted octanol–water partition coefficient (Wildman–Crippen LogP) is 5.47. The number of nitrogens with one attached hydrogen (secondary N) is 1. The number of rotatable bonds is 10. The van der Waals surface area contributed by atoms with Gasteiger partial charge in [-0.3, -0.25) is 24.5 Å². The van der Waals surface area contributed by atoms with E-state index in [1.165, 1.54) is 0 Å². The van der Waals surface area contributed by atoms with Crippen LogP contribution in [-0.4, -0.2) is 61.2 Å². The van der Waals surface area contributed by atoms with E-state index >= 15 is 0 Å². The highest BCUT2D eigenvalue weighted by atomic mass is 35.5. The van der Waals surface area contributed by atoms with E-state index < -0.39 is 0 Å². The first-order valence-electron chi connectivity index (χ1n) is 14.9. The van der Waals surface area contributed by atoms with Crippen LogP contribution in [0.25, 0.3) is 0 Å². The maximum atomic E-state index is 13.2. The molecule has 3 amide bonds. The van der Waals surface area contributed by atoms with Gasteiger partial charge in [0.05, 0.1) is 22.3 Å². The molecular formula is C32H37Cl2N3O5. The van der Waals surface area contributed by atoms with E-state index in [-0.39, 0.29) is 35.3 Å². The smallest absolute Gasteiger partial charge is 0.229 e. The molecule has 2 atom stereocenters. The van der Waals surface area contributed by atoms with Gasteiger partial charge >= 0.3 is 0 Å². The summed E-state index contributed by atoms with van der Waals surface area (Å²) in [6, 6.07) is 11.2. The number of fused-ring (bicyclic) bond motifs is 1. The van der Waals surface area contributed by atoms with Gasteiger partial charge in [0.15, 0.2) is 5.78 Å². The number of halogens is 2. The molecule has 0 aromatic heterocycles. The first-order valence-corrected chi connectivity index (χ1v) is 15.7. The molecule has 2 saturated heterocycles. The predicted molar refractivity (Wildman–Crippen MR) is 162 cm³/mol. The SMILES string of the molecule is O=C1CCC(CCC2CCc3c(OCCCCC(=O)N4CCN(c5cccc(Cl)c5Cl)CC4)cccc3C2=O)C(=O)N1. The Kier molecular flexibility index (Phi) is 10.1. The van der Waals surface area contributed by atoms with Crippen molar-refractivity contribution in [2.45, 2.75) is 57.8 Å². The number of Topliss-reactive ketones (excluding diaryl/α,β-unsaturated/α-hetero) is 1. The quantitative estimate of drug-likeness (QED) is 0.282. The Morgan fingerprint density at radius 1 is 0.905 bits per heavy atom. The Morgan fingerprint density at radius 3 is 2.43 bits per heavy atom. The molecule has 42 heavy (non-hydrogen) atoms. The van der Waals surface area contributed by atoms with Crippen LogP contribution in [0.2, 0.25) is 10.0 Å². The van der Waals surface area contributed by atoms with Gasteiger partial charge in [-0.15, -0.1) is 0 Å². The number of piperidine rings is 1. The number of nitrogens with zero attached hydrogens (tertiary/aromatic N) is 2. The molecule has 1 N–H and O–H groups in total. The van der Waals surface area contributed by atoms with Crippen molar-refractivity contribution in [3.63, 3.8) is 0 Å². The van der Waals surface area contributed by atoms with Crippen molar-refractivity contribution in [2.75, 3.05) is 37.7 Å². The van der Waals surface area contributed by atoms with Crippen molar-refractivity contribution in [1.82, 2.24) is 10.2 Å². The third-order valence-electron chi connectivity index (χ3n) is 8.68. The summed E-state index contributed by atoms with van der Waals surface area (Å²) in [4.78, 5) is 53.6. The number of amides is 3. The molecule has 2 heterocycles. The summed E-state index contributed by atoms with van der Waals surface area (Å²) in [5.74, 6) is 0.258. The van der Waals surface area contributed by atoms with Gasteiger partial charge in [0, 0.05) is 62.0 Å². The average molecular weight is 615 g/mol. The molecule has 2 aromatic carbocycles. The average Bonchev–Trinajstić information content (AvgIpc) is 2.99. The Labute approximate surface area is 256 Å². The number of anilines is 1. The van der Waals surface area contributed by atoms with Crippen LogP contribution in [0.3, 0.4) is 0 Å². The lowest BCUT2D eigenvalue weighted by molar-refractivity contribution is -0.136. The number of benzene rings is 2. The highest BCUT2D eigenvalue weighted by molar-refractivity contribution is 6.43. The van der Waals surface area contributed by atoms with E-state index in [1.807, 2.05) is 35.2 Å². The van der Waals surface area contributed by atoms with E-state index in [0.29, 0.717) is 80.5 Å². The molecule has 2 unspecified atom stereocenters. The molecular weight excluding hydrogens is 577 g/mol. The van der Waals surface area contributed by atoms with Crippen molar-refractivity contribution >= 4 is 52.4 Å². The van der Waals surface area contributed by atoms with Gasteiger partial charge in [0.2, 0.25) is 17.7 Å². The third kappa shape index (κ3) is 7.09. The van der Waals surface area contributed by atoms with Crippen LogP contribution in [0.15, 0.2) is 36.4 Å². The molecule has 2 aliphatic heterocycles. The molecule has 8 nitrogen and oxygen atoms in total. The highest BCUT2D eigenvalue weighted by Gasteiger charge is 2.32. The van der Waals surface area contributed by atoms with Gasteiger partial charge in [-0.1, -0.05) is 41.4 Å². The van der Waals surface area contributed by atoms with Crippen molar-refractivity contribution in [2.24, 2.45) is 11.8 Å². The summed E-state index contributed by atoms with van der Waals surface area (Å²) in [5, 5.41) is 3.48. The molecule has 224 valence electrons. The molecule has 0 saturated carbocycles. The zero-order chi connectivity index (χ0) is 29.6. The lowest BCUT2D eigenvalue weighted by atomic mass is 9.78. The minimum Gasteiger partial charge on any atom is -0.493 e. The van der Waals surface area contributed by atoms with Gasteiger partial charge in [-0.05, 0) is 63.1 Å². The minimum atomic E-state index is -0.215. The second-order valence-corrected chi connectivity index (χ2v) is 12.1. The van der Waals surface area contributed by atoms with Crippen LogP contribution < -0.4 is 15.0 Å². The summed E-state index contributed by atoms with van der Waals surface area (Å²) in [6.45, 7) is 3.21. The fraction of sp³-hybridized carbons (Fsp3) is 0.500. The van der Waals surface area contributed by atoms with Crippen molar-refractivity contribution in [3.8, 4) is 5.75 Å². The second kappa shape index (κ2) is 13.9. The Hall–Kier alpha value is -3.10. The molecule has 2 fully saturated rings. The number of carbonyl (C=O) groups excluding carboxylic acids is 4. The van der Waals surface area contributed by atoms with Crippen molar-refractivity contribution in [3.05, 3.63) is 57.6 Å². The van der Waals surface area contributed by atoms with Gasteiger partial charge < -0.3 is 14.5 Å². The molecule has 3 aliphatic rings. The van der Waals surface area contributed by atoms with E-state index in [4.69, 9.17) is 27.9 Å².